The van der Waals surface area contributed by atoms with E-state index in [9.17, 15) is 0 Å². The van der Waals surface area contributed by atoms with Crippen molar-refractivity contribution in [1.29, 1.82) is 0 Å². The van der Waals surface area contributed by atoms with Crippen LogP contribution >= 0.6 is 0 Å². The predicted molar refractivity (Wildman–Crippen MR) is 111 cm³/mol. The quantitative estimate of drug-likeness (QED) is 0.729. The van der Waals surface area contributed by atoms with Crippen molar-refractivity contribution >= 4 is 12.2 Å². The first-order valence-electron chi connectivity index (χ1n) is 9.43. The monoisotopic (exact) mass is 383 g/mol. The molecular formula is C23H29NO4. The number of nitrogens with zero attached hydrogens (tertiary/aromatic N) is 1. The van der Waals surface area contributed by atoms with Crippen molar-refractivity contribution in [3.63, 3.8) is 0 Å². The van der Waals surface area contributed by atoms with Gasteiger partial charge in [0.15, 0.2) is 11.5 Å². The molecule has 150 valence electrons. The Morgan fingerprint density at radius 3 is 2.43 bits per heavy atom. The molecule has 5 heteroatoms. The van der Waals surface area contributed by atoms with Crippen LogP contribution in [0.25, 0.3) is 12.2 Å². The van der Waals surface area contributed by atoms with Crippen LogP contribution in [-0.2, 0) is 11.3 Å². The third kappa shape index (κ3) is 3.99. The van der Waals surface area contributed by atoms with Crippen LogP contribution in [0.15, 0.2) is 18.2 Å². The zero-order chi connectivity index (χ0) is 20.5. The number of fused-ring (bicyclic) bond motifs is 1. The Morgan fingerprint density at radius 1 is 1.07 bits per heavy atom. The highest BCUT2D eigenvalue weighted by molar-refractivity contribution is 5.72. The summed E-state index contributed by atoms with van der Waals surface area (Å²) in [4.78, 5) is 4.77. The summed E-state index contributed by atoms with van der Waals surface area (Å²) in [5.74, 6) is 2.26. The number of aromatic nitrogens is 1. The highest BCUT2D eigenvalue weighted by atomic mass is 16.7. The molecule has 1 aliphatic rings. The normalized spacial score (nSPS) is 16.6. The van der Waals surface area contributed by atoms with Gasteiger partial charge in [0.25, 0.3) is 0 Å². The molecule has 28 heavy (non-hydrogen) atoms. The molecule has 5 nitrogen and oxygen atoms in total. The summed E-state index contributed by atoms with van der Waals surface area (Å²) in [5.41, 5.74) is 4.85. The van der Waals surface area contributed by atoms with Gasteiger partial charge < -0.3 is 18.9 Å². The van der Waals surface area contributed by atoms with Crippen LogP contribution in [0.4, 0.5) is 0 Å². The van der Waals surface area contributed by atoms with Gasteiger partial charge in [0.2, 0.25) is 6.29 Å². The Morgan fingerprint density at radius 2 is 1.79 bits per heavy atom. The van der Waals surface area contributed by atoms with Crippen LogP contribution in [0.2, 0.25) is 0 Å². The summed E-state index contributed by atoms with van der Waals surface area (Å²) in [6.45, 7) is 10.9. The van der Waals surface area contributed by atoms with Gasteiger partial charge in [-0.3, -0.25) is 0 Å². The minimum atomic E-state index is -0.270. The zero-order valence-corrected chi connectivity index (χ0v) is 17.8. The molecule has 0 amide bonds. The molecule has 2 heterocycles. The van der Waals surface area contributed by atoms with E-state index in [0.29, 0.717) is 18.1 Å². The summed E-state index contributed by atoms with van der Waals surface area (Å²) < 4.78 is 22.8. The van der Waals surface area contributed by atoms with Gasteiger partial charge in [-0.1, -0.05) is 32.9 Å². The average Bonchev–Trinajstić information content (AvgIpc) is 2.68. The Bertz CT molecular complexity index is 896. The number of hydrogen-bond acceptors (Lipinski definition) is 5. The maximum absolute atomic E-state index is 6.14. The van der Waals surface area contributed by atoms with E-state index in [1.807, 2.05) is 37.3 Å². The van der Waals surface area contributed by atoms with E-state index in [1.165, 1.54) is 0 Å². The summed E-state index contributed by atoms with van der Waals surface area (Å²) in [7, 11) is 3.26. The molecule has 1 unspecified atom stereocenters. The smallest absolute Gasteiger partial charge is 0.205 e. The molecular weight excluding hydrogens is 354 g/mol. The number of benzene rings is 1. The molecule has 3 rings (SSSR count). The van der Waals surface area contributed by atoms with Gasteiger partial charge in [0.05, 0.1) is 32.2 Å². The van der Waals surface area contributed by atoms with Gasteiger partial charge in [0, 0.05) is 11.0 Å². The van der Waals surface area contributed by atoms with E-state index >= 15 is 0 Å². The number of methoxy groups -OCH3 is 2. The lowest BCUT2D eigenvalue weighted by Gasteiger charge is -2.36. The van der Waals surface area contributed by atoms with Crippen molar-refractivity contribution in [2.75, 3.05) is 14.2 Å². The van der Waals surface area contributed by atoms with Crippen molar-refractivity contribution < 1.29 is 18.9 Å². The highest BCUT2D eigenvalue weighted by Gasteiger charge is 2.33. The molecule has 0 N–H and O–H groups in total. The maximum atomic E-state index is 6.14. The largest absolute Gasteiger partial charge is 0.493 e. The molecule has 0 saturated carbocycles. The number of aryl methyl sites for hydroxylation is 1. The third-order valence-electron chi connectivity index (χ3n) is 4.88. The topological polar surface area (TPSA) is 49.8 Å². The van der Waals surface area contributed by atoms with Gasteiger partial charge >= 0.3 is 0 Å². The summed E-state index contributed by atoms with van der Waals surface area (Å²) in [6.07, 6.45) is 3.76. The molecule has 0 saturated heterocycles. The third-order valence-corrected chi connectivity index (χ3v) is 4.88. The van der Waals surface area contributed by atoms with Crippen molar-refractivity contribution in [3.8, 4) is 17.2 Å². The van der Waals surface area contributed by atoms with Gasteiger partial charge in [-0.2, -0.15) is 0 Å². The SMILES string of the molecule is COc1ccc(/C=C/c2nc(C)c3c(c2C)COC(C(C)(C)C)O3)cc1OC. The van der Waals surface area contributed by atoms with Crippen LogP contribution in [0.5, 0.6) is 17.2 Å². The number of ether oxygens (including phenoxy) is 4. The molecule has 2 aromatic rings. The van der Waals surface area contributed by atoms with Crippen molar-refractivity contribution in [2.24, 2.45) is 5.41 Å². The minimum Gasteiger partial charge on any atom is -0.493 e. The number of pyridine rings is 1. The van der Waals surface area contributed by atoms with Crippen LogP contribution in [-0.4, -0.2) is 25.5 Å². The summed E-state index contributed by atoms with van der Waals surface area (Å²) in [5, 5.41) is 0. The van der Waals surface area contributed by atoms with E-state index in [4.69, 9.17) is 23.9 Å². The van der Waals surface area contributed by atoms with Gasteiger partial charge in [0.1, 0.15) is 5.75 Å². The Balaban J connectivity index is 1.91. The highest BCUT2D eigenvalue weighted by Crippen LogP contribution is 2.37. The molecule has 1 aliphatic heterocycles. The van der Waals surface area contributed by atoms with Crippen LogP contribution < -0.4 is 14.2 Å². The molecule has 1 aromatic carbocycles. The first kappa shape index (κ1) is 20.2. The van der Waals surface area contributed by atoms with Crippen LogP contribution in [0.3, 0.4) is 0 Å². The Hall–Kier alpha value is -2.53. The Kier molecular flexibility index (Phi) is 5.66. The van der Waals surface area contributed by atoms with Crippen molar-refractivity contribution in [1.82, 2.24) is 4.98 Å². The lowest BCUT2D eigenvalue weighted by molar-refractivity contribution is -0.164. The molecule has 0 spiro atoms. The first-order valence-corrected chi connectivity index (χ1v) is 9.43. The average molecular weight is 383 g/mol. The molecule has 0 fully saturated rings. The van der Waals surface area contributed by atoms with E-state index in [1.54, 1.807) is 14.2 Å². The fraction of sp³-hybridized carbons (Fsp3) is 0.435. The van der Waals surface area contributed by atoms with Gasteiger partial charge in [-0.05, 0) is 43.2 Å². The van der Waals surface area contributed by atoms with E-state index < -0.39 is 0 Å². The summed E-state index contributed by atoms with van der Waals surface area (Å²) >= 11 is 0. The molecule has 0 radical (unpaired) electrons. The second-order valence-electron chi connectivity index (χ2n) is 8.09. The van der Waals surface area contributed by atoms with Crippen LogP contribution in [0.1, 0.15) is 48.8 Å². The van der Waals surface area contributed by atoms with Crippen LogP contribution in [0, 0.1) is 19.3 Å². The number of hydrogen-bond donors (Lipinski definition) is 0. The lowest BCUT2D eigenvalue weighted by atomic mass is 9.94. The molecule has 1 aromatic heterocycles. The van der Waals surface area contributed by atoms with E-state index in [2.05, 4.69) is 27.7 Å². The van der Waals surface area contributed by atoms with E-state index in [0.717, 1.165) is 33.8 Å². The van der Waals surface area contributed by atoms with Gasteiger partial charge in [-0.15, -0.1) is 0 Å². The second kappa shape index (κ2) is 7.84. The van der Waals surface area contributed by atoms with Crippen molar-refractivity contribution in [2.45, 2.75) is 47.5 Å². The lowest BCUT2D eigenvalue weighted by Crippen LogP contribution is -2.38. The molecule has 0 aliphatic carbocycles. The predicted octanol–water partition coefficient (Wildman–Crippen LogP) is 5.17. The molecule has 0 bridgehead atoms. The summed E-state index contributed by atoms with van der Waals surface area (Å²) in [6, 6.07) is 5.82. The minimum absolute atomic E-state index is 0.0932. The standard InChI is InChI=1S/C23H29NO4/c1-14-17-13-27-22(23(3,4)5)28-21(17)15(2)24-18(14)10-8-16-9-11-19(25-6)20(12-16)26-7/h8-12,22H,13H2,1-7H3/b10-8+. The zero-order valence-electron chi connectivity index (χ0n) is 17.8. The fourth-order valence-electron chi connectivity index (χ4n) is 3.21. The Labute approximate surface area is 167 Å². The first-order chi connectivity index (χ1) is 13.2. The van der Waals surface area contributed by atoms with Gasteiger partial charge in [-0.25, -0.2) is 4.98 Å². The number of rotatable bonds is 4. The maximum Gasteiger partial charge on any atom is 0.205 e. The molecule has 1 atom stereocenters. The van der Waals surface area contributed by atoms with E-state index in [-0.39, 0.29) is 11.7 Å². The van der Waals surface area contributed by atoms with Crippen molar-refractivity contribution in [3.05, 3.63) is 46.3 Å². The fourth-order valence-corrected chi connectivity index (χ4v) is 3.21. The second-order valence-corrected chi connectivity index (χ2v) is 8.09.